The molecule has 0 aliphatic carbocycles. The summed E-state index contributed by atoms with van der Waals surface area (Å²) in [5.74, 6) is 1.66. The van der Waals surface area contributed by atoms with Crippen molar-refractivity contribution >= 4 is 5.96 Å². The number of hydrogen-bond acceptors (Lipinski definition) is 4. The molecule has 0 amide bonds. The van der Waals surface area contributed by atoms with Gasteiger partial charge in [-0.3, -0.25) is 9.89 Å². The van der Waals surface area contributed by atoms with Gasteiger partial charge in [-0.15, -0.1) is 0 Å². The second-order valence-electron chi connectivity index (χ2n) is 7.83. The van der Waals surface area contributed by atoms with E-state index in [0.717, 1.165) is 57.6 Å². The highest BCUT2D eigenvalue weighted by molar-refractivity contribution is 5.79. The fourth-order valence-corrected chi connectivity index (χ4v) is 4.29. The number of ether oxygens (including phenoxy) is 2. The van der Waals surface area contributed by atoms with Crippen LogP contribution in [0.3, 0.4) is 0 Å². The quantitative estimate of drug-likeness (QED) is 0.309. The Bertz CT molecular complexity index is 401. The first-order valence-corrected chi connectivity index (χ1v) is 11.2. The summed E-state index contributed by atoms with van der Waals surface area (Å²) in [6.07, 6.45) is 8.79. The zero-order valence-corrected chi connectivity index (χ0v) is 17.8. The molecule has 0 aromatic rings. The molecular weight excluding hydrogens is 340 g/mol. The third kappa shape index (κ3) is 7.96. The van der Waals surface area contributed by atoms with Crippen LogP contribution in [0.15, 0.2) is 4.99 Å². The molecule has 2 fully saturated rings. The molecule has 0 aromatic carbocycles. The van der Waals surface area contributed by atoms with E-state index in [4.69, 9.17) is 9.47 Å². The van der Waals surface area contributed by atoms with Gasteiger partial charge in [0.05, 0.1) is 12.7 Å². The van der Waals surface area contributed by atoms with Crippen LogP contribution in [0.2, 0.25) is 0 Å². The van der Waals surface area contributed by atoms with E-state index < -0.39 is 0 Å². The van der Waals surface area contributed by atoms with E-state index in [1.54, 1.807) is 0 Å². The van der Waals surface area contributed by atoms with Gasteiger partial charge < -0.3 is 20.1 Å². The molecule has 2 atom stereocenters. The van der Waals surface area contributed by atoms with Crippen molar-refractivity contribution < 1.29 is 9.47 Å². The van der Waals surface area contributed by atoms with Gasteiger partial charge in [-0.1, -0.05) is 26.7 Å². The monoisotopic (exact) mass is 382 g/mol. The molecule has 2 N–H and O–H groups in total. The lowest BCUT2D eigenvalue weighted by atomic mass is 9.93. The summed E-state index contributed by atoms with van der Waals surface area (Å²) in [6, 6.07) is 0.607. The van der Waals surface area contributed by atoms with Gasteiger partial charge in [-0.05, 0) is 51.1 Å². The number of aliphatic imine (C=N–C) groups is 1. The Balaban J connectivity index is 1.63. The second-order valence-corrected chi connectivity index (χ2v) is 7.83. The molecule has 0 aromatic heterocycles. The molecule has 2 aliphatic heterocycles. The Morgan fingerprint density at radius 2 is 1.96 bits per heavy atom. The highest BCUT2D eigenvalue weighted by atomic mass is 16.5. The minimum absolute atomic E-state index is 0.319. The van der Waals surface area contributed by atoms with Gasteiger partial charge in [0.1, 0.15) is 0 Å². The predicted octanol–water partition coefficient (Wildman–Crippen LogP) is 2.64. The molecule has 2 saturated heterocycles. The normalized spacial score (nSPS) is 22.5. The molecular formula is C21H42N4O2. The number of guanidine groups is 1. The zero-order valence-electron chi connectivity index (χ0n) is 17.8. The maximum Gasteiger partial charge on any atom is 0.191 e. The van der Waals surface area contributed by atoms with E-state index in [9.17, 15) is 0 Å². The van der Waals surface area contributed by atoms with E-state index in [0.29, 0.717) is 12.1 Å². The molecule has 2 aliphatic rings. The molecule has 2 rings (SSSR count). The average molecular weight is 383 g/mol. The molecule has 27 heavy (non-hydrogen) atoms. The van der Waals surface area contributed by atoms with Crippen LogP contribution >= 0.6 is 0 Å². The van der Waals surface area contributed by atoms with E-state index in [1.807, 2.05) is 7.05 Å². The summed E-state index contributed by atoms with van der Waals surface area (Å²) in [7, 11) is 1.85. The van der Waals surface area contributed by atoms with Crippen molar-refractivity contribution in [2.45, 2.75) is 70.9 Å². The Morgan fingerprint density at radius 1 is 1.19 bits per heavy atom. The first-order chi connectivity index (χ1) is 13.3. The molecule has 2 heterocycles. The maximum absolute atomic E-state index is 5.73. The molecule has 0 bridgehead atoms. The summed E-state index contributed by atoms with van der Waals surface area (Å²) in [5.41, 5.74) is 0. The average Bonchev–Trinajstić information content (AvgIpc) is 3.40. The van der Waals surface area contributed by atoms with Gasteiger partial charge in [0.25, 0.3) is 0 Å². The zero-order chi connectivity index (χ0) is 19.3. The van der Waals surface area contributed by atoms with Crippen LogP contribution in [-0.4, -0.2) is 76.1 Å². The highest BCUT2D eigenvalue weighted by Gasteiger charge is 2.27. The summed E-state index contributed by atoms with van der Waals surface area (Å²) in [5, 5.41) is 7.00. The van der Waals surface area contributed by atoms with Gasteiger partial charge in [-0.2, -0.15) is 0 Å². The maximum atomic E-state index is 5.73. The predicted molar refractivity (Wildman–Crippen MR) is 112 cm³/mol. The van der Waals surface area contributed by atoms with Crippen molar-refractivity contribution in [3.8, 4) is 0 Å². The van der Waals surface area contributed by atoms with Gasteiger partial charge >= 0.3 is 0 Å². The van der Waals surface area contributed by atoms with Crippen LogP contribution in [0.4, 0.5) is 0 Å². The highest BCUT2D eigenvalue weighted by Crippen LogP contribution is 2.22. The Morgan fingerprint density at radius 3 is 2.59 bits per heavy atom. The van der Waals surface area contributed by atoms with Crippen molar-refractivity contribution in [1.29, 1.82) is 0 Å². The first kappa shape index (κ1) is 22.4. The smallest absolute Gasteiger partial charge is 0.191 e. The van der Waals surface area contributed by atoms with Crippen LogP contribution in [0.1, 0.15) is 58.8 Å². The molecule has 0 spiro atoms. The molecule has 0 saturated carbocycles. The van der Waals surface area contributed by atoms with Gasteiger partial charge in [0.15, 0.2) is 5.96 Å². The summed E-state index contributed by atoms with van der Waals surface area (Å²) < 4.78 is 11.3. The molecule has 6 heteroatoms. The van der Waals surface area contributed by atoms with Gasteiger partial charge in [0, 0.05) is 39.4 Å². The summed E-state index contributed by atoms with van der Waals surface area (Å²) in [4.78, 5) is 7.07. The van der Waals surface area contributed by atoms with Crippen molar-refractivity contribution in [3.63, 3.8) is 0 Å². The lowest BCUT2D eigenvalue weighted by Crippen LogP contribution is -2.49. The van der Waals surface area contributed by atoms with E-state index in [2.05, 4.69) is 34.4 Å². The molecule has 0 radical (unpaired) electrons. The van der Waals surface area contributed by atoms with Crippen LogP contribution in [0.25, 0.3) is 0 Å². The minimum atomic E-state index is 0.319. The SMILES string of the molecule is CCC(CC)C(CNC(=NC)NCCCOCC1CCCO1)N1CCCC1. The van der Waals surface area contributed by atoms with E-state index >= 15 is 0 Å². The topological polar surface area (TPSA) is 58.1 Å². The number of nitrogens with one attached hydrogen (secondary N) is 2. The fourth-order valence-electron chi connectivity index (χ4n) is 4.29. The lowest BCUT2D eigenvalue weighted by molar-refractivity contribution is 0.0168. The fraction of sp³-hybridized carbons (Fsp3) is 0.952. The molecule has 158 valence electrons. The van der Waals surface area contributed by atoms with Gasteiger partial charge in [0.2, 0.25) is 0 Å². The molecule has 6 nitrogen and oxygen atoms in total. The first-order valence-electron chi connectivity index (χ1n) is 11.2. The Kier molecular flexibility index (Phi) is 11.1. The van der Waals surface area contributed by atoms with Crippen molar-refractivity contribution in [3.05, 3.63) is 0 Å². The second kappa shape index (κ2) is 13.3. The van der Waals surface area contributed by atoms with E-state index in [1.165, 1.54) is 45.2 Å². The van der Waals surface area contributed by atoms with E-state index in [-0.39, 0.29) is 0 Å². The van der Waals surface area contributed by atoms with Crippen molar-refractivity contribution in [2.75, 3.05) is 53.0 Å². The van der Waals surface area contributed by atoms with Crippen LogP contribution < -0.4 is 10.6 Å². The summed E-state index contributed by atoms with van der Waals surface area (Å²) >= 11 is 0. The number of rotatable bonds is 12. The van der Waals surface area contributed by atoms with Crippen molar-refractivity contribution in [2.24, 2.45) is 10.9 Å². The Labute approximate surface area is 166 Å². The number of hydrogen-bond donors (Lipinski definition) is 2. The van der Waals surface area contributed by atoms with Crippen LogP contribution in [0.5, 0.6) is 0 Å². The third-order valence-electron chi connectivity index (χ3n) is 5.99. The van der Waals surface area contributed by atoms with Crippen molar-refractivity contribution in [1.82, 2.24) is 15.5 Å². The Hall–Kier alpha value is -0.850. The van der Waals surface area contributed by atoms with Crippen LogP contribution in [0, 0.1) is 5.92 Å². The largest absolute Gasteiger partial charge is 0.379 e. The van der Waals surface area contributed by atoms with Crippen LogP contribution in [-0.2, 0) is 9.47 Å². The summed E-state index contributed by atoms with van der Waals surface area (Å²) in [6.45, 7) is 11.4. The minimum Gasteiger partial charge on any atom is -0.379 e. The number of nitrogens with zero attached hydrogens (tertiary/aromatic N) is 2. The molecule has 2 unspecified atom stereocenters. The number of likely N-dealkylation sites (tertiary alicyclic amines) is 1. The standard InChI is InChI=1S/C21H42N4O2/c1-4-18(5-2)20(25-12-6-7-13-25)16-24-21(22-3)23-11-9-14-26-17-19-10-8-15-27-19/h18-20H,4-17H2,1-3H3,(H2,22,23,24). The lowest BCUT2D eigenvalue weighted by Gasteiger charge is -2.34. The van der Waals surface area contributed by atoms with Gasteiger partial charge in [-0.25, -0.2) is 0 Å². The third-order valence-corrected chi connectivity index (χ3v) is 5.99.